The minimum absolute atomic E-state index is 0.0869. The van der Waals surface area contributed by atoms with Gasteiger partial charge in [-0.1, -0.05) is 25.1 Å². The molecule has 2 heterocycles. The van der Waals surface area contributed by atoms with E-state index < -0.39 is 0 Å². The number of carbonyl (C=O) groups excluding carboxylic acids is 3. The molecule has 0 unspecified atom stereocenters. The van der Waals surface area contributed by atoms with Crippen LogP contribution in [0.15, 0.2) is 67.3 Å². The average molecular weight is 490 g/mol. The van der Waals surface area contributed by atoms with Gasteiger partial charge in [0.25, 0.3) is 5.91 Å². The summed E-state index contributed by atoms with van der Waals surface area (Å²) in [6.45, 7) is 3.57. The fourth-order valence-electron chi connectivity index (χ4n) is 4.18. The molecule has 1 saturated heterocycles. The Morgan fingerprint density at radius 3 is 2.69 bits per heavy atom. The van der Waals surface area contributed by atoms with Gasteiger partial charge in [0.15, 0.2) is 6.61 Å². The third-order valence-electron chi connectivity index (χ3n) is 6.14. The Kier molecular flexibility index (Phi) is 8.33. The van der Waals surface area contributed by atoms with Crippen LogP contribution in [-0.4, -0.2) is 47.0 Å². The van der Waals surface area contributed by atoms with Crippen LogP contribution in [0.2, 0.25) is 0 Å². The lowest BCUT2D eigenvalue weighted by Crippen LogP contribution is -2.33. The number of nitrogens with one attached hydrogen (secondary N) is 2. The van der Waals surface area contributed by atoms with Crippen molar-refractivity contribution in [2.45, 2.75) is 32.7 Å². The molecule has 1 atom stereocenters. The number of para-hydroxylation sites is 1. The number of anilines is 2. The maximum atomic E-state index is 12.6. The summed E-state index contributed by atoms with van der Waals surface area (Å²) >= 11 is 0. The molecule has 0 spiro atoms. The van der Waals surface area contributed by atoms with E-state index in [0.717, 1.165) is 30.6 Å². The third kappa shape index (κ3) is 6.50. The Balaban J connectivity index is 1.22. The van der Waals surface area contributed by atoms with Gasteiger partial charge in [-0.05, 0) is 48.7 Å². The molecule has 0 aliphatic carbocycles. The zero-order chi connectivity index (χ0) is 25.3. The Hall–Kier alpha value is -4.14. The van der Waals surface area contributed by atoms with Crippen LogP contribution in [0.25, 0.3) is 0 Å². The highest BCUT2D eigenvalue weighted by atomic mass is 16.5. The normalized spacial score (nSPS) is 15.1. The first-order chi connectivity index (χ1) is 17.5. The molecule has 1 aliphatic rings. The quantitative estimate of drug-likeness (QED) is 0.403. The molecule has 3 aromatic rings. The number of rotatable bonds is 11. The van der Waals surface area contributed by atoms with Crippen molar-refractivity contribution in [2.75, 3.05) is 29.9 Å². The number of benzene rings is 2. The average Bonchev–Trinajstić information content (AvgIpc) is 3.56. The van der Waals surface area contributed by atoms with Crippen molar-refractivity contribution in [1.29, 1.82) is 0 Å². The SMILES string of the molecule is CCc1ccccc1NC(=O)COc1ccc(N2C[C@@H](C(=O)NCCCn3ccnc3)CC2=O)cc1. The molecular formula is C27H31N5O4. The Morgan fingerprint density at radius 1 is 1.14 bits per heavy atom. The molecule has 0 saturated carbocycles. The van der Waals surface area contributed by atoms with E-state index in [9.17, 15) is 14.4 Å². The van der Waals surface area contributed by atoms with E-state index in [2.05, 4.69) is 15.6 Å². The predicted molar refractivity (Wildman–Crippen MR) is 137 cm³/mol. The Labute approximate surface area is 210 Å². The molecular weight excluding hydrogens is 458 g/mol. The molecule has 36 heavy (non-hydrogen) atoms. The molecule has 1 aliphatic heterocycles. The van der Waals surface area contributed by atoms with Crippen molar-refractivity contribution in [2.24, 2.45) is 5.92 Å². The van der Waals surface area contributed by atoms with Crippen LogP contribution < -0.4 is 20.3 Å². The van der Waals surface area contributed by atoms with Crippen LogP contribution in [-0.2, 0) is 27.3 Å². The van der Waals surface area contributed by atoms with Crippen LogP contribution in [0, 0.1) is 5.92 Å². The van der Waals surface area contributed by atoms with Crippen molar-refractivity contribution in [3.05, 3.63) is 72.8 Å². The van der Waals surface area contributed by atoms with Gasteiger partial charge in [-0.2, -0.15) is 0 Å². The summed E-state index contributed by atoms with van der Waals surface area (Å²) in [5, 5.41) is 5.81. The summed E-state index contributed by atoms with van der Waals surface area (Å²) in [4.78, 5) is 43.0. The molecule has 9 heteroatoms. The number of hydrogen-bond donors (Lipinski definition) is 2. The van der Waals surface area contributed by atoms with E-state index in [1.807, 2.05) is 42.0 Å². The molecule has 2 aromatic carbocycles. The molecule has 4 rings (SSSR count). The highest BCUT2D eigenvalue weighted by Gasteiger charge is 2.34. The van der Waals surface area contributed by atoms with E-state index >= 15 is 0 Å². The van der Waals surface area contributed by atoms with Gasteiger partial charge < -0.3 is 24.8 Å². The fraction of sp³-hybridized carbons (Fsp3) is 0.333. The van der Waals surface area contributed by atoms with E-state index in [4.69, 9.17) is 4.74 Å². The highest BCUT2D eigenvalue weighted by molar-refractivity contribution is 6.00. The number of aromatic nitrogens is 2. The fourth-order valence-corrected chi connectivity index (χ4v) is 4.18. The number of amides is 3. The first-order valence-corrected chi connectivity index (χ1v) is 12.2. The first-order valence-electron chi connectivity index (χ1n) is 12.2. The molecule has 1 aromatic heterocycles. The van der Waals surface area contributed by atoms with Gasteiger partial charge in [-0.15, -0.1) is 0 Å². The smallest absolute Gasteiger partial charge is 0.262 e. The lowest BCUT2D eigenvalue weighted by molar-refractivity contribution is -0.126. The Morgan fingerprint density at radius 2 is 1.94 bits per heavy atom. The van der Waals surface area contributed by atoms with E-state index in [1.165, 1.54) is 0 Å². The summed E-state index contributed by atoms with van der Waals surface area (Å²) in [6, 6.07) is 14.6. The Bertz CT molecular complexity index is 1180. The molecule has 2 N–H and O–H groups in total. The summed E-state index contributed by atoms with van der Waals surface area (Å²) in [6.07, 6.45) is 7.14. The molecule has 1 fully saturated rings. The number of imidazole rings is 1. The summed E-state index contributed by atoms with van der Waals surface area (Å²) in [7, 11) is 0. The van der Waals surface area contributed by atoms with Gasteiger partial charge in [0.05, 0.1) is 12.2 Å². The number of carbonyl (C=O) groups is 3. The third-order valence-corrected chi connectivity index (χ3v) is 6.14. The molecule has 0 radical (unpaired) electrons. The van der Waals surface area contributed by atoms with Crippen LogP contribution >= 0.6 is 0 Å². The number of aryl methyl sites for hydroxylation is 2. The van der Waals surface area contributed by atoms with Gasteiger partial charge in [-0.25, -0.2) is 4.98 Å². The van der Waals surface area contributed by atoms with E-state index in [-0.39, 0.29) is 36.7 Å². The zero-order valence-corrected chi connectivity index (χ0v) is 20.4. The lowest BCUT2D eigenvalue weighted by Gasteiger charge is -2.17. The maximum Gasteiger partial charge on any atom is 0.262 e. The number of nitrogens with zero attached hydrogens (tertiary/aromatic N) is 3. The zero-order valence-electron chi connectivity index (χ0n) is 20.4. The maximum absolute atomic E-state index is 12.6. The summed E-state index contributed by atoms with van der Waals surface area (Å²) < 4.78 is 7.57. The highest BCUT2D eigenvalue weighted by Crippen LogP contribution is 2.27. The van der Waals surface area contributed by atoms with E-state index in [1.54, 1.807) is 41.7 Å². The standard InChI is InChI=1S/C27H31N5O4/c1-2-20-6-3-4-7-24(20)30-25(33)18-36-23-10-8-22(9-11-23)32-17-21(16-26(32)34)27(35)29-12-5-14-31-15-13-28-19-31/h3-4,6-11,13,15,19,21H,2,5,12,14,16-18H2,1H3,(H,29,35)(H,30,33)/t21-/m0/s1. The number of hydrogen-bond acceptors (Lipinski definition) is 5. The van der Waals surface area contributed by atoms with Crippen LogP contribution in [0.1, 0.15) is 25.3 Å². The predicted octanol–water partition coefficient (Wildman–Crippen LogP) is 3.02. The monoisotopic (exact) mass is 489 g/mol. The van der Waals surface area contributed by atoms with Crippen LogP contribution in [0.4, 0.5) is 11.4 Å². The van der Waals surface area contributed by atoms with Gasteiger partial charge in [-0.3, -0.25) is 14.4 Å². The minimum atomic E-state index is -0.378. The molecule has 3 amide bonds. The summed E-state index contributed by atoms with van der Waals surface area (Å²) in [5.74, 6) is -0.287. The second-order valence-electron chi connectivity index (χ2n) is 8.69. The van der Waals surface area contributed by atoms with Crippen molar-refractivity contribution >= 4 is 29.1 Å². The minimum Gasteiger partial charge on any atom is -0.484 e. The molecule has 188 valence electrons. The van der Waals surface area contributed by atoms with Crippen molar-refractivity contribution in [3.63, 3.8) is 0 Å². The second kappa shape index (κ2) is 12.0. The first kappa shape index (κ1) is 25.0. The van der Waals surface area contributed by atoms with Crippen molar-refractivity contribution < 1.29 is 19.1 Å². The lowest BCUT2D eigenvalue weighted by atomic mass is 10.1. The molecule has 0 bridgehead atoms. The van der Waals surface area contributed by atoms with Crippen LogP contribution in [0.3, 0.4) is 0 Å². The van der Waals surface area contributed by atoms with Gasteiger partial charge in [0, 0.05) is 49.8 Å². The topological polar surface area (TPSA) is 106 Å². The van der Waals surface area contributed by atoms with E-state index in [0.29, 0.717) is 24.5 Å². The van der Waals surface area contributed by atoms with Crippen LogP contribution in [0.5, 0.6) is 5.75 Å². The van der Waals surface area contributed by atoms with Crippen molar-refractivity contribution in [3.8, 4) is 5.75 Å². The second-order valence-corrected chi connectivity index (χ2v) is 8.69. The summed E-state index contributed by atoms with van der Waals surface area (Å²) in [5.41, 5.74) is 2.55. The van der Waals surface area contributed by atoms with Gasteiger partial charge in [0.2, 0.25) is 11.8 Å². The largest absolute Gasteiger partial charge is 0.484 e. The van der Waals surface area contributed by atoms with Gasteiger partial charge >= 0.3 is 0 Å². The van der Waals surface area contributed by atoms with Gasteiger partial charge in [0.1, 0.15) is 5.75 Å². The molecule has 9 nitrogen and oxygen atoms in total. The number of ether oxygens (including phenoxy) is 1. The van der Waals surface area contributed by atoms with Crippen molar-refractivity contribution in [1.82, 2.24) is 14.9 Å².